The molecule has 0 spiro atoms. The third kappa shape index (κ3) is 3.71. The lowest BCUT2D eigenvalue weighted by Crippen LogP contribution is -2.31. The maximum Gasteiger partial charge on any atom is 0.471 e. The van der Waals surface area contributed by atoms with Crippen molar-refractivity contribution >= 4 is 23.3 Å². The lowest BCUT2D eigenvalue weighted by atomic mass is 9.96. The van der Waals surface area contributed by atoms with Crippen LogP contribution in [0.4, 0.5) is 24.7 Å². The van der Waals surface area contributed by atoms with Crippen molar-refractivity contribution < 1.29 is 22.8 Å². The lowest BCUT2D eigenvalue weighted by molar-refractivity contribution is -0.167. The number of carbonyl (C=O) groups excluding carboxylic acids is 2. The summed E-state index contributed by atoms with van der Waals surface area (Å²) in [5, 5.41) is 8.82. The van der Waals surface area contributed by atoms with Gasteiger partial charge in [-0.3, -0.25) is 9.59 Å². The first-order chi connectivity index (χ1) is 14.2. The number of halogens is 3. The molecule has 10 heteroatoms. The molecular weight excluding hydrogens is 399 g/mol. The Labute approximate surface area is 168 Å². The van der Waals surface area contributed by atoms with Gasteiger partial charge in [-0.2, -0.15) is 18.3 Å². The SMILES string of the molecule is Nc1nn(-c2cccc(NC(=O)C(F)(F)F)c2)cc1-c1ccc2c(c1)CCNC2=O. The quantitative estimate of drug-likeness (QED) is 0.612. The number of aromatic nitrogens is 2. The largest absolute Gasteiger partial charge is 0.471 e. The van der Waals surface area contributed by atoms with E-state index in [4.69, 9.17) is 5.73 Å². The maximum atomic E-state index is 12.5. The number of alkyl halides is 3. The molecule has 0 radical (unpaired) electrons. The summed E-state index contributed by atoms with van der Waals surface area (Å²) < 4.78 is 38.8. The van der Waals surface area contributed by atoms with Crippen molar-refractivity contribution in [2.45, 2.75) is 12.6 Å². The van der Waals surface area contributed by atoms with E-state index >= 15 is 0 Å². The van der Waals surface area contributed by atoms with Crippen molar-refractivity contribution in [3.8, 4) is 16.8 Å². The average Bonchev–Trinajstić information content (AvgIpc) is 3.09. The topological polar surface area (TPSA) is 102 Å². The highest BCUT2D eigenvalue weighted by atomic mass is 19.4. The predicted molar refractivity (Wildman–Crippen MR) is 104 cm³/mol. The van der Waals surface area contributed by atoms with Gasteiger partial charge in [0, 0.05) is 29.6 Å². The zero-order valence-corrected chi connectivity index (χ0v) is 15.5. The summed E-state index contributed by atoms with van der Waals surface area (Å²) in [6, 6.07) is 11.2. The normalized spacial score (nSPS) is 13.5. The Balaban J connectivity index is 1.64. The molecule has 0 saturated heterocycles. The number of fused-ring (bicyclic) bond motifs is 1. The smallest absolute Gasteiger partial charge is 0.382 e. The van der Waals surface area contributed by atoms with Crippen molar-refractivity contribution in [2.24, 2.45) is 0 Å². The molecule has 7 nitrogen and oxygen atoms in total. The Morgan fingerprint density at radius 2 is 1.97 bits per heavy atom. The number of nitrogen functional groups attached to an aromatic ring is 1. The molecule has 0 aliphatic carbocycles. The second-order valence-electron chi connectivity index (χ2n) is 6.75. The number of hydrogen-bond donors (Lipinski definition) is 3. The number of nitrogens with two attached hydrogens (primary N) is 1. The Kier molecular flexibility index (Phi) is 4.69. The zero-order valence-electron chi connectivity index (χ0n) is 15.5. The second-order valence-corrected chi connectivity index (χ2v) is 6.75. The van der Waals surface area contributed by atoms with Gasteiger partial charge >= 0.3 is 12.1 Å². The first-order valence-electron chi connectivity index (χ1n) is 8.97. The summed E-state index contributed by atoms with van der Waals surface area (Å²) >= 11 is 0. The van der Waals surface area contributed by atoms with Crippen molar-refractivity contribution in [1.82, 2.24) is 15.1 Å². The molecule has 3 aromatic rings. The molecule has 1 aromatic heterocycles. The molecule has 4 N–H and O–H groups in total. The van der Waals surface area contributed by atoms with Crippen LogP contribution in [0.15, 0.2) is 48.7 Å². The summed E-state index contributed by atoms with van der Waals surface area (Å²) in [7, 11) is 0. The highest BCUT2D eigenvalue weighted by molar-refractivity contribution is 5.97. The van der Waals surface area contributed by atoms with Crippen molar-refractivity contribution in [3.05, 3.63) is 59.8 Å². The average molecular weight is 415 g/mol. The fraction of sp³-hybridized carbons (Fsp3) is 0.150. The molecule has 1 aliphatic rings. The van der Waals surface area contributed by atoms with Crippen LogP contribution in [0.5, 0.6) is 0 Å². The van der Waals surface area contributed by atoms with Gasteiger partial charge in [0.25, 0.3) is 5.91 Å². The van der Waals surface area contributed by atoms with Crippen LogP contribution in [0.2, 0.25) is 0 Å². The number of carbonyl (C=O) groups is 2. The van der Waals surface area contributed by atoms with Gasteiger partial charge in [-0.15, -0.1) is 0 Å². The van der Waals surface area contributed by atoms with Gasteiger partial charge < -0.3 is 16.4 Å². The number of amides is 2. The van der Waals surface area contributed by atoms with E-state index in [0.29, 0.717) is 29.8 Å². The van der Waals surface area contributed by atoms with Gasteiger partial charge in [0.05, 0.1) is 5.69 Å². The standard InChI is InChI=1S/C20H16F3N5O2/c21-20(22,23)19(30)26-13-2-1-3-14(9-13)28-10-16(17(24)27-28)11-4-5-15-12(8-11)6-7-25-18(15)29/h1-5,8-10H,6-7H2,(H2,24,27)(H,25,29)(H,26,30). The number of nitrogens with zero attached hydrogens (tertiary/aromatic N) is 2. The van der Waals surface area contributed by atoms with Crippen molar-refractivity contribution in [1.29, 1.82) is 0 Å². The molecule has 154 valence electrons. The summed E-state index contributed by atoms with van der Waals surface area (Å²) in [6.45, 7) is 0.556. The molecule has 2 heterocycles. The van der Waals surface area contributed by atoms with Gasteiger partial charge in [-0.25, -0.2) is 4.68 Å². The number of rotatable bonds is 3. The van der Waals surface area contributed by atoms with Gasteiger partial charge in [-0.05, 0) is 41.8 Å². The Bertz CT molecular complexity index is 1150. The molecule has 0 bridgehead atoms. The molecule has 2 amide bonds. The second kappa shape index (κ2) is 7.21. The van der Waals surface area contributed by atoms with Gasteiger partial charge in [0.15, 0.2) is 5.82 Å². The van der Waals surface area contributed by atoms with Crippen LogP contribution in [0, 0.1) is 0 Å². The van der Waals surface area contributed by atoms with Crippen LogP contribution in [-0.2, 0) is 11.2 Å². The van der Waals surface area contributed by atoms with E-state index < -0.39 is 12.1 Å². The number of hydrogen-bond acceptors (Lipinski definition) is 4. The van der Waals surface area contributed by atoms with Crippen LogP contribution < -0.4 is 16.4 Å². The third-order valence-electron chi connectivity index (χ3n) is 4.71. The molecule has 30 heavy (non-hydrogen) atoms. The van der Waals surface area contributed by atoms with Gasteiger partial charge in [0.1, 0.15) is 0 Å². The van der Waals surface area contributed by atoms with Crippen LogP contribution in [-0.4, -0.2) is 34.3 Å². The van der Waals surface area contributed by atoms with Crippen molar-refractivity contribution in [2.75, 3.05) is 17.6 Å². The third-order valence-corrected chi connectivity index (χ3v) is 4.71. The first-order valence-corrected chi connectivity index (χ1v) is 8.97. The molecule has 0 fully saturated rings. The molecule has 0 atom stereocenters. The lowest BCUT2D eigenvalue weighted by Gasteiger charge is -2.17. The number of nitrogens with one attached hydrogen (secondary N) is 2. The minimum absolute atomic E-state index is 0.0229. The monoisotopic (exact) mass is 415 g/mol. The molecular formula is C20H16F3N5O2. The first kappa shape index (κ1) is 19.5. The van der Waals surface area contributed by atoms with E-state index in [-0.39, 0.29) is 17.4 Å². The van der Waals surface area contributed by atoms with Crippen LogP contribution in [0.3, 0.4) is 0 Å². The summed E-state index contributed by atoms with van der Waals surface area (Å²) in [4.78, 5) is 23.1. The fourth-order valence-corrected chi connectivity index (χ4v) is 3.27. The van der Waals surface area contributed by atoms with E-state index in [1.807, 2.05) is 11.4 Å². The maximum absolute atomic E-state index is 12.5. The minimum atomic E-state index is -4.98. The van der Waals surface area contributed by atoms with E-state index in [2.05, 4.69) is 10.4 Å². The summed E-state index contributed by atoms with van der Waals surface area (Å²) in [5.74, 6) is -1.96. The fourth-order valence-electron chi connectivity index (χ4n) is 3.27. The number of anilines is 2. The van der Waals surface area contributed by atoms with Gasteiger partial charge in [0.2, 0.25) is 0 Å². The van der Waals surface area contributed by atoms with Crippen LogP contribution in [0.25, 0.3) is 16.8 Å². The Hall–Kier alpha value is -3.82. The van der Waals surface area contributed by atoms with E-state index in [0.717, 1.165) is 11.1 Å². The molecule has 4 rings (SSSR count). The molecule has 0 saturated carbocycles. The van der Waals surface area contributed by atoms with Crippen molar-refractivity contribution in [3.63, 3.8) is 0 Å². The Morgan fingerprint density at radius 3 is 2.73 bits per heavy atom. The van der Waals surface area contributed by atoms with Crippen LogP contribution >= 0.6 is 0 Å². The van der Waals surface area contributed by atoms with E-state index in [1.54, 1.807) is 24.4 Å². The molecule has 1 aliphatic heterocycles. The minimum Gasteiger partial charge on any atom is -0.382 e. The Morgan fingerprint density at radius 1 is 1.17 bits per heavy atom. The predicted octanol–water partition coefficient (Wildman–Crippen LogP) is 2.91. The highest BCUT2D eigenvalue weighted by Crippen LogP contribution is 2.29. The zero-order chi connectivity index (χ0) is 21.5. The van der Waals surface area contributed by atoms with Crippen LogP contribution in [0.1, 0.15) is 15.9 Å². The van der Waals surface area contributed by atoms with E-state index in [9.17, 15) is 22.8 Å². The number of benzene rings is 2. The van der Waals surface area contributed by atoms with Gasteiger partial charge in [-0.1, -0.05) is 18.2 Å². The van der Waals surface area contributed by atoms with E-state index in [1.165, 1.54) is 22.9 Å². The summed E-state index contributed by atoms with van der Waals surface area (Å²) in [5.41, 5.74) is 9.37. The molecule has 2 aromatic carbocycles. The summed E-state index contributed by atoms with van der Waals surface area (Å²) in [6.07, 6.45) is -2.64. The highest BCUT2D eigenvalue weighted by Gasteiger charge is 2.38. The molecule has 0 unspecified atom stereocenters.